The molecule has 3 aromatic rings. The maximum Gasteiger partial charge on any atom is 0.443 e. The molecule has 118 valence electrons. The van der Waals surface area contributed by atoms with Gasteiger partial charge in [-0.2, -0.15) is 13.2 Å². The number of halogens is 5. The van der Waals surface area contributed by atoms with Crippen LogP contribution in [-0.4, -0.2) is 4.98 Å². The van der Waals surface area contributed by atoms with Gasteiger partial charge >= 0.3 is 6.18 Å². The number of thiazole rings is 1. The van der Waals surface area contributed by atoms with E-state index >= 15 is 0 Å². The van der Waals surface area contributed by atoms with Crippen LogP contribution in [0.2, 0.25) is 0 Å². The maximum absolute atomic E-state index is 13.1. The van der Waals surface area contributed by atoms with E-state index in [0.29, 0.717) is 33.0 Å². The summed E-state index contributed by atoms with van der Waals surface area (Å²) >= 11 is 7.31. The molecule has 0 atom stereocenters. The summed E-state index contributed by atoms with van der Waals surface area (Å²) in [6.07, 6.45) is -4.46. The molecule has 7 heteroatoms. The molecule has 0 fully saturated rings. The van der Waals surface area contributed by atoms with E-state index in [-0.39, 0.29) is 0 Å². The van der Waals surface area contributed by atoms with Crippen LogP contribution in [0.4, 0.5) is 13.2 Å². The van der Waals surface area contributed by atoms with Gasteiger partial charge in [-0.1, -0.05) is 56.1 Å². The Bertz CT molecular complexity index is 761. The van der Waals surface area contributed by atoms with Crippen molar-refractivity contribution in [2.75, 3.05) is 0 Å². The predicted octanol–water partition coefficient (Wildman–Crippen LogP) is 7.02. The third kappa shape index (κ3) is 3.67. The molecule has 3 rings (SSSR count). The zero-order valence-corrected chi connectivity index (χ0v) is 15.4. The van der Waals surface area contributed by atoms with E-state index in [1.807, 2.05) is 0 Å². The van der Waals surface area contributed by atoms with Gasteiger partial charge in [0.2, 0.25) is 0 Å². The fourth-order valence-corrected chi connectivity index (χ4v) is 3.53. The Morgan fingerprint density at radius 3 is 1.74 bits per heavy atom. The summed E-state index contributed by atoms with van der Waals surface area (Å²) in [6.45, 7) is 0. The van der Waals surface area contributed by atoms with Crippen molar-refractivity contribution in [3.63, 3.8) is 0 Å². The van der Waals surface area contributed by atoms with Crippen molar-refractivity contribution in [2.24, 2.45) is 0 Å². The lowest BCUT2D eigenvalue weighted by Crippen LogP contribution is -2.03. The van der Waals surface area contributed by atoms with Crippen molar-refractivity contribution in [3.05, 3.63) is 62.5 Å². The molecule has 1 aromatic heterocycles. The fraction of sp³-hybridized carbons (Fsp3) is 0.0625. The smallest absolute Gasteiger partial charge is 0.231 e. The molecule has 0 aliphatic heterocycles. The Labute approximate surface area is 151 Å². The van der Waals surface area contributed by atoms with E-state index in [1.54, 1.807) is 48.5 Å². The molecular formula is C16H8Br2F3NS. The monoisotopic (exact) mass is 461 g/mol. The average molecular weight is 463 g/mol. The van der Waals surface area contributed by atoms with Gasteiger partial charge in [0, 0.05) is 14.5 Å². The highest BCUT2D eigenvalue weighted by Gasteiger charge is 2.36. The first-order valence-corrected chi connectivity index (χ1v) is 8.85. The van der Waals surface area contributed by atoms with Gasteiger partial charge in [0.25, 0.3) is 0 Å². The number of nitrogens with zero attached hydrogens (tertiary/aromatic N) is 1. The van der Waals surface area contributed by atoms with Crippen LogP contribution in [0.1, 0.15) is 5.01 Å². The number of aromatic nitrogens is 1. The van der Waals surface area contributed by atoms with E-state index in [2.05, 4.69) is 36.8 Å². The van der Waals surface area contributed by atoms with Gasteiger partial charge in [-0.05, 0) is 29.8 Å². The molecule has 23 heavy (non-hydrogen) atoms. The Balaban J connectivity index is 2.18. The summed E-state index contributed by atoms with van der Waals surface area (Å²) in [4.78, 5) is 4.35. The molecule has 0 amide bonds. The van der Waals surface area contributed by atoms with Crippen molar-refractivity contribution >= 4 is 43.2 Å². The summed E-state index contributed by atoms with van der Waals surface area (Å²) in [5.41, 5.74) is 1.70. The fourth-order valence-electron chi connectivity index (χ4n) is 2.04. The molecule has 0 aliphatic rings. The van der Waals surface area contributed by atoms with Crippen LogP contribution < -0.4 is 0 Å². The number of rotatable bonds is 2. The molecule has 0 N–H and O–H groups in total. The summed E-state index contributed by atoms with van der Waals surface area (Å²) in [5, 5.41) is -0.840. The first kappa shape index (κ1) is 16.7. The minimum absolute atomic E-state index is 0.345. The summed E-state index contributed by atoms with van der Waals surface area (Å²) in [6, 6.07) is 14.2. The maximum atomic E-state index is 13.1. The highest BCUT2D eigenvalue weighted by molar-refractivity contribution is 9.10. The number of hydrogen-bond acceptors (Lipinski definition) is 2. The molecule has 1 heterocycles. The molecular weight excluding hydrogens is 455 g/mol. The van der Waals surface area contributed by atoms with E-state index < -0.39 is 11.2 Å². The van der Waals surface area contributed by atoms with Crippen LogP contribution in [0.5, 0.6) is 0 Å². The van der Waals surface area contributed by atoms with Crippen LogP contribution in [0.3, 0.4) is 0 Å². The van der Waals surface area contributed by atoms with Crippen molar-refractivity contribution in [2.45, 2.75) is 6.18 Å². The lowest BCUT2D eigenvalue weighted by molar-refractivity contribution is -0.137. The number of hydrogen-bond donors (Lipinski definition) is 0. The van der Waals surface area contributed by atoms with Crippen LogP contribution >= 0.6 is 43.2 Å². The molecule has 0 spiro atoms. The Kier molecular flexibility index (Phi) is 4.62. The highest BCUT2D eigenvalue weighted by atomic mass is 79.9. The second kappa shape index (κ2) is 6.37. The van der Waals surface area contributed by atoms with Crippen molar-refractivity contribution < 1.29 is 13.2 Å². The van der Waals surface area contributed by atoms with Crippen LogP contribution in [0, 0.1) is 0 Å². The van der Waals surface area contributed by atoms with Gasteiger partial charge in [0.1, 0.15) is 0 Å². The molecule has 2 aromatic carbocycles. The molecule has 0 saturated carbocycles. The van der Waals surface area contributed by atoms with E-state index in [9.17, 15) is 13.2 Å². The van der Waals surface area contributed by atoms with Gasteiger partial charge in [-0.15, -0.1) is 11.3 Å². The first-order chi connectivity index (χ1) is 10.8. The Morgan fingerprint density at radius 1 is 0.783 bits per heavy atom. The zero-order chi connectivity index (χ0) is 16.6. The second-order valence-corrected chi connectivity index (χ2v) is 7.54. The van der Waals surface area contributed by atoms with Crippen LogP contribution in [-0.2, 0) is 6.18 Å². The molecule has 0 radical (unpaired) electrons. The van der Waals surface area contributed by atoms with Gasteiger partial charge in [-0.3, -0.25) is 0 Å². The highest BCUT2D eigenvalue weighted by Crippen LogP contribution is 2.42. The molecule has 1 nitrogen and oxygen atoms in total. The summed E-state index contributed by atoms with van der Waals surface area (Å²) < 4.78 is 40.9. The van der Waals surface area contributed by atoms with Crippen LogP contribution in [0.15, 0.2) is 57.5 Å². The van der Waals surface area contributed by atoms with Gasteiger partial charge in [0.15, 0.2) is 5.01 Å². The van der Waals surface area contributed by atoms with Gasteiger partial charge in [-0.25, -0.2) is 4.98 Å². The summed E-state index contributed by atoms with van der Waals surface area (Å²) in [5.74, 6) is 0. The standard InChI is InChI=1S/C16H8Br2F3NS/c17-11-5-1-9(2-6-11)13-14(10-3-7-12(18)8-4-10)23-15(22-13)16(19,20)21/h1-8H. The van der Waals surface area contributed by atoms with Crippen molar-refractivity contribution in [3.8, 4) is 21.7 Å². The van der Waals surface area contributed by atoms with Gasteiger partial charge in [0.05, 0.1) is 10.6 Å². The summed E-state index contributed by atoms with van der Waals surface area (Å²) in [7, 11) is 0. The van der Waals surface area contributed by atoms with Gasteiger partial charge < -0.3 is 0 Å². The third-order valence-corrected chi connectivity index (χ3v) is 5.30. The lowest BCUT2D eigenvalue weighted by Gasteiger charge is -2.03. The predicted molar refractivity (Wildman–Crippen MR) is 93.4 cm³/mol. The number of benzene rings is 2. The number of alkyl halides is 3. The third-order valence-electron chi connectivity index (χ3n) is 3.09. The minimum Gasteiger partial charge on any atom is -0.231 e. The van der Waals surface area contributed by atoms with E-state index in [1.165, 1.54) is 0 Å². The molecule has 0 saturated heterocycles. The normalized spacial score (nSPS) is 11.7. The second-order valence-electron chi connectivity index (χ2n) is 4.71. The average Bonchev–Trinajstić information content (AvgIpc) is 2.94. The van der Waals surface area contributed by atoms with Crippen molar-refractivity contribution in [1.29, 1.82) is 0 Å². The molecule has 0 aliphatic carbocycles. The van der Waals surface area contributed by atoms with E-state index in [4.69, 9.17) is 0 Å². The topological polar surface area (TPSA) is 12.9 Å². The quantitative estimate of drug-likeness (QED) is 0.398. The largest absolute Gasteiger partial charge is 0.443 e. The minimum atomic E-state index is -4.46. The zero-order valence-electron chi connectivity index (χ0n) is 11.4. The van der Waals surface area contributed by atoms with Crippen molar-refractivity contribution in [1.82, 2.24) is 4.98 Å². The molecule has 0 bridgehead atoms. The Hall–Kier alpha value is -1.18. The SMILES string of the molecule is FC(F)(F)c1nc(-c2ccc(Br)cc2)c(-c2ccc(Br)cc2)s1. The Morgan fingerprint density at radius 2 is 1.26 bits per heavy atom. The first-order valence-electron chi connectivity index (χ1n) is 6.44. The van der Waals surface area contributed by atoms with E-state index in [0.717, 1.165) is 8.95 Å². The lowest BCUT2D eigenvalue weighted by atomic mass is 10.1. The molecule has 0 unspecified atom stereocenters. The van der Waals surface area contributed by atoms with Crippen LogP contribution in [0.25, 0.3) is 21.7 Å².